The standard InChI is InChI=1S/C19H22FN3O4/c1-26-17-15(22-5-4-19(9-22)7-14(19)21)11(20)6-12-16(17)23(10-2-3-10)8-13(27-12)18(24)25/h6,8,10,14H,2-5,7,9,21H2,1H3,(H,24,25). The van der Waals surface area contributed by atoms with E-state index in [1.165, 1.54) is 19.4 Å². The highest BCUT2D eigenvalue weighted by atomic mass is 19.1. The molecule has 3 fully saturated rings. The van der Waals surface area contributed by atoms with Crippen molar-refractivity contribution >= 4 is 17.3 Å². The first kappa shape index (κ1) is 16.7. The van der Waals surface area contributed by atoms with Crippen molar-refractivity contribution in [3.05, 3.63) is 23.8 Å². The van der Waals surface area contributed by atoms with Crippen LogP contribution in [0.3, 0.4) is 0 Å². The van der Waals surface area contributed by atoms with E-state index < -0.39 is 11.8 Å². The summed E-state index contributed by atoms with van der Waals surface area (Å²) in [5.41, 5.74) is 7.20. The van der Waals surface area contributed by atoms with Crippen molar-refractivity contribution in [2.24, 2.45) is 11.1 Å². The molecule has 1 spiro atoms. The van der Waals surface area contributed by atoms with Gasteiger partial charge in [0.05, 0.1) is 13.3 Å². The van der Waals surface area contributed by atoms with Crippen LogP contribution < -0.4 is 25.0 Å². The van der Waals surface area contributed by atoms with Crippen LogP contribution in [0.15, 0.2) is 18.0 Å². The van der Waals surface area contributed by atoms with Crippen LogP contribution in [0.25, 0.3) is 0 Å². The number of methoxy groups -OCH3 is 1. The van der Waals surface area contributed by atoms with Crippen molar-refractivity contribution in [1.29, 1.82) is 0 Å². The number of hydrogen-bond acceptors (Lipinski definition) is 6. The highest BCUT2D eigenvalue weighted by molar-refractivity contribution is 5.90. The zero-order valence-corrected chi connectivity index (χ0v) is 15.1. The maximum atomic E-state index is 15.1. The molecule has 0 radical (unpaired) electrons. The van der Waals surface area contributed by atoms with Crippen molar-refractivity contribution < 1.29 is 23.8 Å². The van der Waals surface area contributed by atoms with Gasteiger partial charge in [-0.25, -0.2) is 9.18 Å². The summed E-state index contributed by atoms with van der Waals surface area (Å²) >= 11 is 0. The number of carboxylic acid groups (broad SMARTS) is 1. The Labute approximate surface area is 156 Å². The lowest BCUT2D eigenvalue weighted by molar-refractivity contribution is -0.135. The number of benzene rings is 1. The summed E-state index contributed by atoms with van der Waals surface area (Å²) in [6, 6.07) is 1.63. The number of halogens is 1. The van der Waals surface area contributed by atoms with Crippen LogP contribution in [0.2, 0.25) is 0 Å². The van der Waals surface area contributed by atoms with E-state index in [-0.39, 0.29) is 29.0 Å². The smallest absolute Gasteiger partial charge is 0.373 e. The highest BCUT2D eigenvalue weighted by Crippen LogP contribution is 2.56. The molecule has 2 heterocycles. The number of anilines is 2. The maximum Gasteiger partial charge on any atom is 0.373 e. The Hall–Kier alpha value is -2.48. The molecule has 0 aromatic heterocycles. The zero-order chi connectivity index (χ0) is 18.9. The molecule has 8 heteroatoms. The van der Waals surface area contributed by atoms with Crippen molar-refractivity contribution in [3.63, 3.8) is 0 Å². The fourth-order valence-corrected chi connectivity index (χ4v) is 4.40. The minimum absolute atomic E-state index is 0.0937. The van der Waals surface area contributed by atoms with Gasteiger partial charge in [0.25, 0.3) is 0 Å². The molecule has 7 nitrogen and oxygen atoms in total. The van der Waals surface area contributed by atoms with E-state index in [2.05, 4.69) is 0 Å². The van der Waals surface area contributed by atoms with Gasteiger partial charge in [0.1, 0.15) is 11.4 Å². The largest absolute Gasteiger partial charge is 0.492 e. The molecule has 144 valence electrons. The van der Waals surface area contributed by atoms with Gasteiger partial charge in [-0.3, -0.25) is 0 Å². The minimum atomic E-state index is -1.18. The van der Waals surface area contributed by atoms with Crippen molar-refractivity contribution in [3.8, 4) is 11.5 Å². The second-order valence-corrected chi connectivity index (χ2v) is 7.97. The Balaban J connectivity index is 1.60. The van der Waals surface area contributed by atoms with E-state index in [1.54, 1.807) is 0 Å². The first-order valence-corrected chi connectivity index (χ1v) is 9.26. The molecule has 1 saturated heterocycles. The van der Waals surface area contributed by atoms with E-state index >= 15 is 4.39 Å². The summed E-state index contributed by atoms with van der Waals surface area (Å²) in [4.78, 5) is 15.3. The van der Waals surface area contributed by atoms with E-state index in [9.17, 15) is 9.90 Å². The number of ether oxygens (including phenoxy) is 2. The first-order valence-electron chi connectivity index (χ1n) is 9.26. The third-order valence-corrected chi connectivity index (χ3v) is 6.19. The van der Waals surface area contributed by atoms with E-state index in [4.69, 9.17) is 15.2 Å². The number of nitrogens with zero attached hydrogens (tertiary/aromatic N) is 2. The summed E-state index contributed by atoms with van der Waals surface area (Å²) in [6.45, 7) is 1.43. The number of hydrogen-bond donors (Lipinski definition) is 2. The highest BCUT2D eigenvalue weighted by Gasteiger charge is 2.56. The molecule has 2 saturated carbocycles. The zero-order valence-electron chi connectivity index (χ0n) is 15.1. The number of carboxylic acids is 1. The van der Waals surface area contributed by atoms with Crippen LogP contribution >= 0.6 is 0 Å². The van der Waals surface area contributed by atoms with Crippen LogP contribution in [0.5, 0.6) is 11.5 Å². The van der Waals surface area contributed by atoms with Crippen LogP contribution in [-0.4, -0.2) is 43.4 Å². The summed E-state index contributed by atoms with van der Waals surface area (Å²) in [6.07, 6.45) is 5.29. The fraction of sp³-hybridized carbons (Fsp3) is 0.526. The molecule has 1 aromatic carbocycles. The summed E-state index contributed by atoms with van der Waals surface area (Å²) in [7, 11) is 1.51. The van der Waals surface area contributed by atoms with Gasteiger partial charge >= 0.3 is 5.97 Å². The predicted molar refractivity (Wildman–Crippen MR) is 96.7 cm³/mol. The second kappa shape index (κ2) is 5.51. The van der Waals surface area contributed by atoms with Gasteiger partial charge in [-0.05, 0) is 25.7 Å². The molecular formula is C19H22FN3O4. The monoisotopic (exact) mass is 375 g/mol. The van der Waals surface area contributed by atoms with Crippen molar-refractivity contribution in [1.82, 2.24) is 0 Å². The van der Waals surface area contributed by atoms with Gasteiger partial charge in [-0.2, -0.15) is 0 Å². The number of nitrogens with two attached hydrogens (primary N) is 1. The lowest BCUT2D eigenvalue weighted by Crippen LogP contribution is -2.29. The first-order chi connectivity index (χ1) is 12.9. The number of rotatable bonds is 4. The van der Waals surface area contributed by atoms with Gasteiger partial charge in [-0.15, -0.1) is 0 Å². The Morgan fingerprint density at radius 1 is 1.44 bits per heavy atom. The summed E-state index contributed by atoms with van der Waals surface area (Å²) < 4.78 is 26.2. The topological polar surface area (TPSA) is 88.3 Å². The Kier molecular flexibility index (Phi) is 3.40. The molecule has 0 bridgehead atoms. The lowest BCUT2D eigenvalue weighted by atomic mass is 10.1. The Morgan fingerprint density at radius 3 is 2.74 bits per heavy atom. The molecule has 5 rings (SSSR count). The fourth-order valence-electron chi connectivity index (χ4n) is 4.40. The van der Waals surface area contributed by atoms with E-state index in [0.717, 1.165) is 32.2 Å². The Bertz CT molecular complexity index is 869. The molecule has 2 atom stereocenters. The number of aliphatic carboxylic acids is 1. The van der Waals surface area contributed by atoms with Crippen LogP contribution in [0, 0.1) is 11.2 Å². The quantitative estimate of drug-likeness (QED) is 0.833. The Morgan fingerprint density at radius 2 is 2.19 bits per heavy atom. The van der Waals surface area contributed by atoms with E-state index in [1.807, 2.05) is 9.80 Å². The van der Waals surface area contributed by atoms with Gasteiger partial charge < -0.3 is 30.1 Å². The molecule has 2 unspecified atom stereocenters. The SMILES string of the molecule is COc1c(N2CCC3(CC3N)C2)c(F)cc2c1N(C1CC1)C=C(C(=O)O)O2. The average Bonchev–Trinajstić information content (AvgIpc) is 3.53. The lowest BCUT2D eigenvalue weighted by Gasteiger charge is -2.32. The molecule has 1 aromatic rings. The molecule has 2 aliphatic heterocycles. The van der Waals surface area contributed by atoms with Crippen LogP contribution in [-0.2, 0) is 4.79 Å². The van der Waals surface area contributed by atoms with Crippen LogP contribution in [0.1, 0.15) is 25.7 Å². The molecule has 27 heavy (non-hydrogen) atoms. The van der Waals surface area contributed by atoms with Gasteiger partial charge in [0.2, 0.25) is 5.76 Å². The third kappa shape index (κ3) is 2.46. The van der Waals surface area contributed by atoms with Gasteiger partial charge in [-0.1, -0.05) is 0 Å². The average molecular weight is 375 g/mol. The molecular weight excluding hydrogens is 353 g/mol. The molecule has 2 aliphatic carbocycles. The van der Waals surface area contributed by atoms with Crippen LogP contribution in [0.4, 0.5) is 15.8 Å². The van der Waals surface area contributed by atoms with Crippen molar-refractivity contribution in [2.75, 3.05) is 30.0 Å². The summed E-state index contributed by atoms with van der Waals surface area (Å²) in [5.74, 6) is -1.30. The van der Waals surface area contributed by atoms with E-state index in [0.29, 0.717) is 23.7 Å². The second-order valence-electron chi connectivity index (χ2n) is 7.97. The van der Waals surface area contributed by atoms with Crippen molar-refractivity contribution in [2.45, 2.75) is 37.8 Å². The third-order valence-electron chi connectivity index (χ3n) is 6.19. The molecule has 0 amide bonds. The predicted octanol–water partition coefficient (Wildman–Crippen LogP) is 2.05. The molecule has 3 N–H and O–H groups in total. The normalized spacial score (nSPS) is 28.7. The number of carbonyl (C=O) groups is 1. The number of fused-ring (bicyclic) bond motifs is 1. The minimum Gasteiger partial charge on any atom is -0.492 e. The van der Waals surface area contributed by atoms with Gasteiger partial charge in [0, 0.05) is 36.7 Å². The maximum absolute atomic E-state index is 15.1. The molecule has 4 aliphatic rings. The van der Waals surface area contributed by atoms with Gasteiger partial charge in [0.15, 0.2) is 17.3 Å². The summed E-state index contributed by atoms with van der Waals surface area (Å²) in [5, 5.41) is 9.33.